The zero-order valence-electron chi connectivity index (χ0n) is 15.8. The lowest BCUT2D eigenvalue weighted by Crippen LogP contribution is -2.27. The molecular weight excluding hydrogens is 432 g/mol. The predicted octanol–water partition coefficient (Wildman–Crippen LogP) is 2.41. The number of carbonyl (C=O) groups is 1. The van der Waals surface area contributed by atoms with Crippen molar-refractivity contribution < 1.29 is 17.6 Å². The van der Waals surface area contributed by atoms with E-state index in [-0.39, 0.29) is 29.1 Å². The number of hydrogen-bond acceptors (Lipinski definition) is 9. The van der Waals surface area contributed by atoms with Crippen molar-refractivity contribution in [1.29, 1.82) is 0 Å². The van der Waals surface area contributed by atoms with Crippen molar-refractivity contribution in [2.24, 2.45) is 5.92 Å². The maximum atomic E-state index is 12.4. The zero-order chi connectivity index (χ0) is 20.4. The molecular formula is C18H20N4O4S3. The minimum Gasteiger partial charge on any atom is -0.416 e. The van der Waals surface area contributed by atoms with Gasteiger partial charge in [-0.05, 0) is 24.5 Å². The Bertz CT molecular complexity index is 1090. The summed E-state index contributed by atoms with van der Waals surface area (Å²) in [5.74, 6) is 0.969. The molecule has 1 atom stereocenters. The lowest BCUT2D eigenvalue weighted by Gasteiger charge is -2.14. The van der Waals surface area contributed by atoms with Crippen LogP contribution in [0.2, 0.25) is 0 Å². The molecule has 0 spiro atoms. The molecule has 2 aromatic heterocycles. The average Bonchev–Trinajstić information content (AvgIpc) is 3.38. The first kappa shape index (κ1) is 20.3. The predicted molar refractivity (Wildman–Crippen MR) is 112 cm³/mol. The number of thioether (sulfide) groups is 1. The molecule has 1 aromatic carbocycles. The van der Waals surface area contributed by atoms with Crippen molar-refractivity contribution in [3.8, 4) is 0 Å². The number of benzene rings is 1. The normalized spacial score (nSPS) is 18.3. The monoisotopic (exact) mass is 452 g/mol. The number of aromatic nitrogens is 3. The molecule has 1 saturated heterocycles. The molecule has 0 aliphatic carbocycles. The first-order valence-corrected chi connectivity index (χ1v) is 12.7. The van der Waals surface area contributed by atoms with Crippen molar-refractivity contribution in [3.63, 3.8) is 0 Å². The second-order valence-electron chi connectivity index (χ2n) is 7.05. The topological polar surface area (TPSA) is 106 Å². The van der Waals surface area contributed by atoms with Crippen molar-refractivity contribution >= 4 is 49.1 Å². The van der Waals surface area contributed by atoms with Gasteiger partial charge in [0, 0.05) is 13.5 Å². The zero-order valence-corrected chi connectivity index (χ0v) is 18.2. The highest BCUT2D eigenvalue weighted by atomic mass is 32.2. The first-order chi connectivity index (χ1) is 13.9. The van der Waals surface area contributed by atoms with Gasteiger partial charge in [-0.3, -0.25) is 4.79 Å². The van der Waals surface area contributed by atoms with Crippen LogP contribution in [0.15, 0.2) is 33.9 Å². The Morgan fingerprint density at radius 3 is 2.93 bits per heavy atom. The van der Waals surface area contributed by atoms with E-state index in [1.807, 2.05) is 24.3 Å². The third kappa shape index (κ3) is 5.14. The second-order valence-corrected chi connectivity index (χ2v) is 11.3. The van der Waals surface area contributed by atoms with E-state index in [1.54, 1.807) is 23.3 Å². The fourth-order valence-corrected chi connectivity index (χ4v) is 6.78. The molecule has 0 radical (unpaired) electrons. The number of para-hydroxylation sites is 1. The smallest absolute Gasteiger partial charge is 0.277 e. The molecule has 1 fully saturated rings. The number of carbonyl (C=O) groups excluding carboxylic acids is 1. The largest absolute Gasteiger partial charge is 0.416 e. The summed E-state index contributed by atoms with van der Waals surface area (Å²) in [6, 6.07) is 7.89. The quantitative estimate of drug-likeness (QED) is 0.503. The summed E-state index contributed by atoms with van der Waals surface area (Å²) in [5, 5.41) is 9.14. The Balaban J connectivity index is 1.27. The van der Waals surface area contributed by atoms with Gasteiger partial charge in [0.15, 0.2) is 9.84 Å². The fourth-order valence-electron chi connectivity index (χ4n) is 3.17. The maximum Gasteiger partial charge on any atom is 0.277 e. The van der Waals surface area contributed by atoms with E-state index >= 15 is 0 Å². The summed E-state index contributed by atoms with van der Waals surface area (Å²) in [7, 11) is -1.18. The number of rotatable bonds is 7. The van der Waals surface area contributed by atoms with Crippen LogP contribution in [0, 0.1) is 5.92 Å². The third-order valence-corrected chi connectivity index (χ3v) is 8.36. The number of amides is 1. The molecule has 3 heterocycles. The molecule has 3 aromatic rings. The van der Waals surface area contributed by atoms with Crippen LogP contribution in [0.5, 0.6) is 0 Å². The highest BCUT2D eigenvalue weighted by Crippen LogP contribution is 2.25. The molecule has 1 amide bonds. The molecule has 0 saturated carbocycles. The molecule has 1 aliphatic rings. The minimum atomic E-state index is -2.92. The summed E-state index contributed by atoms with van der Waals surface area (Å²) in [4.78, 5) is 18.6. The van der Waals surface area contributed by atoms with Crippen molar-refractivity contribution in [3.05, 3.63) is 35.2 Å². The summed E-state index contributed by atoms with van der Waals surface area (Å²) >= 11 is 2.76. The van der Waals surface area contributed by atoms with Gasteiger partial charge in [-0.1, -0.05) is 23.9 Å². The van der Waals surface area contributed by atoms with E-state index in [0.29, 0.717) is 30.5 Å². The molecule has 0 bridgehead atoms. The number of hydrogen-bond donors (Lipinski definition) is 0. The Hall–Kier alpha value is -1.98. The highest BCUT2D eigenvalue weighted by Gasteiger charge is 2.29. The molecule has 154 valence electrons. The third-order valence-electron chi connectivity index (χ3n) is 4.69. The van der Waals surface area contributed by atoms with Gasteiger partial charge >= 0.3 is 0 Å². The fraction of sp³-hybridized carbons (Fsp3) is 0.444. The van der Waals surface area contributed by atoms with Gasteiger partial charge in [0.05, 0.1) is 34.0 Å². The maximum absolute atomic E-state index is 12.4. The number of nitrogens with zero attached hydrogens (tertiary/aromatic N) is 4. The van der Waals surface area contributed by atoms with Gasteiger partial charge in [0.2, 0.25) is 11.8 Å². The molecule has 8 nitrogen and oxygen atoms in total. The Kier molecular flexibility index (Phi) is 5.88. The Labute approximate surface area is 176 Å². The minimum absolute atomic E-state index is 0.0277. The highest BCUT2D eigenvalue weighted by molar-refractivity contribution is 7.99. The number of fused-ring (bicyclic) bond motifs is 1. The molecule has 0 N–H and O–H groups in total. The standard InChI is InChI=1S/C18H20N4O4S3/c1-22(9-16-19-13-4-2-3-5-14(13)28-16)17(23)10-27-18-21-20-15(26-18)8-12-6-7-29(24,25)11-12/h2-5,12H,6-11H2,1H3. The van der Waals surface area contributed by atoms with Gasteiger partial charge < -0.3 is 9.32 Å². The lowest BCUT2D eigenvalue weighted by atomic mass is 10.1. The van der Waals surface area contributed by atoms with Crippen molar-refractivity contribution in [2.45, 2.75) is 24.6 Å². The summed E-state index contributed by atoms with van der Waals surface area (Å²) in [6.07, 6.45) is 1.08. The average molecular weight is 453 g/mol. The van der Waals surface area contributed by atoms with Crippen LogP contribution in [0.1, 0.15) is 17.3 Å². The summed E-state index contributed by atoms with van der Waals surface area (Å²) in [6.45, 7) is 0.448. The molecule has 1 aliphatic heterocycles. The SMILES string of the molecule is CN(Cc1nc2ccccc2s1)C(=O)CSc1nnc(CC2CCS(=O)(=O)C2)o1. The van der Waals surface area contributed by atoms with Crippen LogP contribution >= 0.6 is 23.1 Å². The van der Waals surface area contributed by atoms with Gasteiger partial charge in [0.1, 0.15) is 5.01 Å². The second kappa shape index (κ2) is 8.41. The number of thiazole rings is 1. The van der Waals surface area contributed by atoms with E-state index in [4.69, 9.17) is 4.42 Å². The van der Waals surface area contributed by atoms with Crippen LogP contribution < -0.4 is 0 Å². The molecule has 1 unspecified atom stereocenters. The molecule has 11 heteroatoms. The van der Waals surface area contributed by atoms with E-state index < -0.39 is 9.84 Å². The summed E-state index contributed by atoms with van der Waals surface area (Å²) in [5.41, 5.74) is 0.941. The van der Waals surface area contributed by atoms with Crippen molar-refractivity contribution in [1.82, 2.24) is 20.1 Å². The van der Waals surface area contributed by atoms with Crippen LogP contribution in [0.3, 0.4) is 0 Å². The Morgan fingerprint density at radius 2 is 2.17 bits per heavy atom. The van der Waals surface area contributed by atoms with E-state index in [0.717, 1.165) is 15.2 Å². The van der Waals surface area contributed by atoms with Gasteiger partial charge in [0.25, 0.3) is 5.22 Å². The van der Waals surface area contributed by atoms with Crippen molar-refractivity contribution in [2.75, 3.05) is 24.3 Å². The van der Waals surface area contributed by atoms with Gasteiger partial charge in [-0.2, -0.15) is 0 Å². The molecule has 4 rings (SSSR count). The van der Waals surface area contributed by atoms with Crippen LogP contribution in [0.25, 0.3) is 10.2 Å². The van der Waals surface area contributed by atoms with E-state index in [9.17, 15) is 13.2 Å². The summed E-state index contributed by atoms with van der Waals surface area (Å²) < 4.78 is 29.8. The van der Waals surface area contributed by atoms with E-state index in [1.165, 1.54) is 11.8 Å². The van der Waals surface area contributed by atoms with Crippen LogP contribution in [0.4, 0.5) is 0 Å². The van der Waals surface area contributed by atoms with Crippen LogP contribution in [-0.4, -0.2) is 58.7 Å². The van der Waals surface area contributed by atoms with E-state index in [2.05, 4.69) is 15.2 Å². The molecule has 29 heavy (non-hydrogen) atoms. The first-order valence-electron chi connectivity index (χ1n) is 9.12. The van der Waals surface area contributed by atoms with Gasteiger partial charge in [-0.15, -0.1) is 21.5 Å². The number of sulfone groups is 1. The lowest BCUT2D eigenvalue weighted by molar-refractivity contribution is -0.127. The van der Waals surface area contributed by atoms with Gasteiger partial charge in [-0.25, -0.2) is 13.4 Å². The van der Waals surface area contributed by atoms with Crippen LogP contribution in [-0.2, 0) is 27.6 Å². The Morgan fingerprint density at radius 1 is 1.34 bits per heavy atom.